The molecule has 0 nitrogen and oxygen atoms in total. The molecule has 0 bridgehead atoms. The molecule has 0 amide bonds. The Bertz CT molecular complexity index is 200. The zero-order valence-corrected chi connectivity index (χ0v) is 9.05. The first-order valence-electron chi connectivity index (χ1n) is 5.96. The minimum atomic E-state index is 0.876. The molecule has 0 spiro atoms. The Hall–Kier alpha value is -0.260. The molecule has 0 N–H and O–H groups in total. The SMILES string of the molecule is CC(C)CCC1=CCCCC2CC12. The Kier molecular flexibility index (Phi) is 2.76. The summed E-state index contributed by atoms with van der Waals surface area (Å²) >= 11 is 0. The van der Waals surface area contributed by atoms with Crippen LogP contribution in [0.5, 0.6) is 0 Å². The summed E-state index contributed by atoms with van der Waals surface area (Å²) in [5.74, 6) is 3.00. The third-order valence-corrected chi connectivity index (χ3v) is 3.59. The molecule has 0 heterocycles. The van der Waals surface area contributed by atoms with Gasteiger partial charge >= 0.3 is 0 Å². The molecule has 0 aromatic carbocycles. The average Bonchev–Trinajstić information content (AvgIpc) is 2.79. The van der Waals surface area contributed by atoms with Crippen molar-refractivity contribution in [2.45, 2.75) is 52.4 Å². The second kappa shape index (κ2) is 3.86. The smallest absolute Gasteiger partial charge is 0.0172 e. The number of rotatable bonds is 3. The maximum atomic E-state index is 2.56. The molecule has 0 aromatic heterocycles. The molecule has 0 aliphatic heterocycles. The maximum absolute atomic E-state index is 2.56. The fraction of sp³-hybridized carbons (Fsp3) is 0.846. The van der Waals surface area contributed by atoms with Crippen LogP contribution < -0.4 is 0 Å². The summed E-state index contributed by atoms with van der Waals surface area (Å²) in [6.07, 6.45) is 11.2. The van der Waals surface area contributed by atoms with E-state index in [1.165, 1.54) is 38.5 Å². The van der Waals surface area contributed by atoms with Crippen LogP contribution in [-0.4, -0.2) is 0 Å². The normalized spacial score (nSPS) is 32.4. The van der Waals surface area contributed by atoms with Crippen molar-refractivity contribution < 1.29 is 0 Å². The lowest BCUT2D eigenvalue weighted by molar-refractivity contribution is 0.569. The summed E-state index contributed by atoms with van der Waals surface area (Å²) in [6, 6.07) is 0. The fourth-order valence-corrected chi connectivity index (χ4v) is 2.58. The highest BCUT2D eigenvalue weighted by Gasteiger charge is 2.39. The number of hydrogen-bond acceptors (Lipinski definition) is 0. The molecule has 0 heteroatoms. The molecule has 13 heavy (non-hydrogen) atoms. The minimum Gasteiger partial charge on any atom is -0.0850 e. The van der Waals surface area contributed by atoms with Crippen LogP contribution in [0, 0.1) is 17.8 Å². The van der Waals surface area contributed by atoms with Crippen molar-refractivity contribution in [1.29, 1.82) is 0 Å². The van der Waals surface area contributed by atoms with E-state index in [1.807, 2.05) is 5.57 Å². The first kappa shape index (κ1) is 9.30. The van der Waals surface area contributed by atoms with Gasteiger partial charge in [0.05, 0.1) is 0 Å². The Labute approximate surface area is 82.4 Å². The van der Waals surface area contributed by atoms with E-state index in [2.05, 4.69) is 19.9 Å². The lowest BCUT2D eigenvalue weighted by Gasteiger charge is -2.07. The first-order chi connectivity index (χ1) is 6.27. The van der Waals surface area contributed by atoms with E-state index in [0.717, 1.165) is 17.8 Å². The van der Waals surface area contributed by atoms with E-state index < -0.39 is 0 Å². The van der Waals surface area contributed by atoms with Gasteiger partial charge in [-0.05, 0) is 56.3 Å². The highest BCUT2D eigenvalue weighted by molar-refractivity contribution is 5.17. The van der Waals surface area contributed by atoms with Crippen LogP contribution in [0.3, 0.4) is 0 Å². The van der Waals surface area contributed by atoms with E-state index in [1.54, 1.807) is 0 Å². The van der Waals surface area contributed by atoms with E-state index in [9.17, 15) is 0 Å². The van der Waals surface area contributed by atoms with E-state index in [0.29, 0.717) is 0 Å². The van der Waals surface area contributed by atoms with Crippen LogP contribution in [0.4, 0.5) is 0 Å². The standard InChI is InChI=1S/C13H22/c1-10(2)7-8-11-5-3-4-6-12-9-13(11)12/h5,10,12-13H,3-4,6-9H2,1-2H3. The van der Waals surface area contributed by atoms with Gasteiger partial charge in [-0.3, -0.25) is 0 Å². The largest absolute Gasteiger partial charge is 0.0850 e. The monoisotopic (exact) mass is 178 g/mol. The molecule has 2 atom stereocenters. The van der Waals surface area contributed by atoms with Crippen LogP contribution in [0.2, 0.25) is 0 Å². The molecule has 1 saturated carbocycles. The van der Waals surface area contributed by atoms with Gasteiger partial charge < -0.3 is 0 Å². The molecule has 0 saturated heterocycles. The van der Waals surface area contributed by atoms with Gasteiger partial charge in [-0.15, -0.1) is 0 Å². The van der Waals surface area contributed by atoms with Crippen molar-refractivity contribution in [3.8, 4) is 0 Å². The van der Waals surface area contributed by atoms with Crippen LogP contribution in [0.25, 0.3) is 0 Å². The number of fused-ring (bicyclic) bond motifs is 1. The van der Waals surface area contributed by atoms with Crippen molar-refractivity contribution >= 4 is 0 Å². The zero-order chi connectivity index (χ0) is 9.26. The highest BCUT2D eigenvalue weighted by atomic mass is 14.4. The molecule has 2 unspecified atom stereocenters. The van der Waals surface area contributed by atoms with Crippen LogP contribution in [0.1, 0.15) is 52.4 Å². The highest BCUT2D eigenvalue weighted by Crippen LogP contribution is 2.50. The molecule has 0 radical (unpaired) electrons. The van der Waals surface area contributed by atoms with Crippen molar-refractivity contribution in [2.75, 3.05) is 0 Å². The van der Waals surface area contributed by atoms with Gasteiger partial charge in [0.1, 0.15) is 0 Å². The third kappa shape index (κ3) is 2.36. The number of hydrogen-bond donors (Lipinski definition) is 0. The molecule has 74 valence electrons. The predicted octanol–water partition coefficient (Wildman–Crippen LogP) is 4.17. The first-order valence-corrected chi connectivity index (χ1v) is 5.96. The second-order valence-electron chi connectivity index (χ2n) is 5.24. The summed E-state index contributed by atoms with van der Waals surface area (Å²) in [5, 5.41) is 0. The Balaban J connectivity index is 1.86. The fourth-order valence-electron chi connectivity index (χ4n) is 2.58. The van der Waals surface area contributed by atoms with E-state index >= 15 is 0 Å². The summed E-state index contributed by atoms with van der Waals surface area (Å²) in [4.78, 5) is 0. The van der Waals surface area contributed by atoms with Crippen LogP contribution >= 0.6 is 0 Å². The van der Waals surface area contributed by atoms with Gasteiger partial charge in [-0.1, -0.05) is 25.5 Å². The van der Waals surface area contributed by atoms with Gasteiger partial charge in [0.2, 0.25) is 0 Å². The Morgan fingerprint density at radius 2 is 2.31 bits per heavy atom. The van der Waals surface area contributed by atoms with Crippen molar-refractivity contribution in [1.82, 2.24) is 0 Å². The molecular formula is C13H22. The summed E-state index contributed by atoms with van der Waals surface area (Å²) < 4.78 is 0. The zero-order valence-electron chi connectivity index (χ0n) is 9.05. The summed E-state index contributed by atoms with van der Waals surface area (Å²) in [5.41, 5.74) is 1.82. The third-order valence-electron chi connectivity index (χ3n) is 3.59. The van der Waals surface area contributed by atoms with Gasteiger partial charge in [0.25, 0.3) is 0 Å². The van der Waals surface area contributed by atoms with E-state index in [4.69, 9.17) is 0 Å². The molecule has 2 rings (SSSR count). The van der Waals surface area contributed by atoms with Crippen LogP contribution in [0.15, 0.2) is 11.6 Å². The molecular weight excluding hydrogens is 156 g/mol. The molecule has 2 aliphatic carbocycles. The number of allylic oxidation sites excluding steroid dienone is 2. The summed E-state index contributed by atoms with van der Waals surface area (Å²) in [7, 11) is 0. The van der Waals surface area contributed by atoms with Gasteiger partial charge in [0, 0.05) is 0 Å². The average molecular weight is 178 g/mol. The van der Waals surface area contributed by atoms with Crippen molar-refractivity contribution in [3.05, 3.63) is 11.6 Å². The van der Waals surface area contributed by atoms with Crippen molar-refractivity contribution in [3.63, 3.8) is 0 Å². The van der Waals surface area contributed by atoms with Gasteiger partial charge in [-0.2, -0.15) is 0 Å². The molecule has 2 aliphatic rings. The summed E-state index contributed by atoms with van der Waals surface area (Å²) in [6.45, 7) is 4.67. The van der Waals surface area contributed by atoms with Gasteiger partial charge in [0.15, 0.2) is 0 Å². The molecule has 1 fully saturated rings. The lowest BCUT2D eigenvalue weighted by atomic mass is 9.99. The predicted molar refractivity (Wildman–Crippen MR) is 57.6 cm³/mol. The Morgan fingerprint density at radius 1 is 1.46 bits per heavy atom. The lowest BCUT2D eigenvalue weighted by Crippen LogP contribution is -1.93. The Morgan fingerprint density at radius 3 is 3.08 bits per heavy atom. The van der Waals surface area contributed by atoms with Crippen LogP contribution in [-0.2, 0) is 0 Å². The quantitative estimate of drug-likeness (QED) is 0.569. The maximum Gasteiger partial charge on any atom is -0.0172 e. The second-order valence-corrected chi connectivity index (χ2v) is 5.24. The topological polar surface area (TPSA) is 0 Å². The van der Waals surface area contributed by atoms with E-state index in [-0.39, 0.29) is 0 Å². The molecule has 0 aromatic rings. The minimum absolute atomic E-state index is 0.876. The van der Waals surface area contributed by atoms with Crippen molar-refractivity contribution in [2.24, 2.45) is 17.8 Å². The van der Waals surface area contributed by atoms with Gasteiger partial charge in [-0.25, -0.2) is 0 Å².